The van der Waals surface area contributed by atoms with Gasteiger partial charge >= 0.3 is 0 Å². The molecule has 1 aromatic carbocycles. The number of likely N-dealkylation sites (N-methyl/N-ethyl adjacent to an activating group) is 1. The van der Waals surface area contributed by atoms with E-state index in [2.05, 4.69) is 77.8 Å². The molecule has 1 aromatic rings. The summed E-state index contributed by atoms with van der Waals surface area (Å²) in [6.07, 6.45) is 0. The summed E-state index contributed by atoms with van der Waals surface area (Å²) in [7, 11) is 2.21. The van der Waals surface area contributed by atoms with Crippen LogP contribution in [0.25, 0.3) is 0 Å². The number of hydrogen-bond acceptors (Lipinski definition) is 2. The zero-order valence-corrected chi connectivity index (χ0v) is 14.2. The molecule has 0 bridgehead atoms. The van der Waals surface area contributed by atoms with Crippen molar-refractivity contribution in [1.82, 2.24) is 4.90 Å². The minimum Gasteiger partial charge on any atom is -0.323 e. The molecule has 0 amide bonds. The maximum atomic E-state index is 6.58. The van der Waals surface area contributed by atoms with E-state index < -0.39 is 0 Å². The average Bonchev–Trinajstić information content (AvgIpc) is 2.37. The molecule has 2 N–H and O–H groups in total. The molecule has 0 aliphatic rings. The molecular formula is C18H32N2. The van der Waals surface area contributed by atoms with Gasteiger partial charge in [0.25, 0.3) is 0 Å². The highest BCUT2D eigenvalue weighted by Gasteiger charge is 2.33. The van der Waals surface area contributed by atoms with Crippen molar-refractivity contribution in [2.24, 2.45) is 17.1 Å². The van der Waals surface area contributed by atoms with Crippen molar-refractivity contribution in [1.29, 1.82) is 0 Å². The van der Waals surface area contributed by atoms with Gasteiger partial charge in [0.2, 0.25) is 0 Å². The first kappa shape index (κ1) is 17.2. The maximum absolute atomic E-state index is 6.58. The maximum Gasteiger partial charge on any atom is 0.0455 e. The second-order valence-corrected chi connectivity index (χ2v) is 7.38. The van der Waals surface area contributed by atoms with Crippen LogP contribution < -0.4 is 5.73 Å². The molecule has 0 aliphatic heterocycles. The van der Waals surface area contributed by atoms with Crippen LogP contribution in [-0.2, 0) is 0 Å². The Balaban J connectivity index is 3.00. The Hall–Kier alpha value is -0.860. The van der Waals surface area contributed by atoms with Crippen molar-refractivity contribution < 1.29 is 0 Å². The number of nitrogens with two attached hydrogens (primary N) is 1. The summed E-state index contributed by atoms with van der Waals surface area (Å²) in [5, 5.41) is 0. The molecule has 0 radical (unpaired) electrons. The smallest absolute Gasteiger partial charge is 0.0455 e. The predicted molar refractivity (Wildman–Crippen MR) is 88.7 cm³/mol. The number of nitrogens with zero attached hydrogens (tertiary/aromatic N) is 1. The number of rotatable bonds is 5. The van der Waals surface area contributed by atoms with Crippen LogP contribution in [0.1, 0.15) is 53.1 Å². The van der Waals surface area contributed by atoms with Gasteiger partial charge in [0.15, 0.2) is 0 Å². The lowest BCUT2D eigenvalue weighted by Gasteiger charge is -2.44. The van der Waals surface area contributed by atoms with E-state index in [0.29, 0.717) is 18.0 Å². The van der Waals surface area contributed by atoms with Crippen LogP contribution in [-0.4, -0.2) is 24.0 Å². The molecule has 0 aliphatic carbocycles. The molecule has 0 spiro atoms. The Morgan fingerprint density at radius 3 is 1.90 bits per heavy atom. The predicted octanol–water partition coefficient (Wildman–Crippen LogP) is 4.08. The Morgan fingerprint density at radius 1 is 1.00 bits per heavy atom. The van der Waals surface area contributed by atoms with Crippen LogP contribution in [0.15, 0.2) is 30.3 Å². The third kappa shape index (κ3) is 4.07. The average molecular weight is 276 g/mol. The van der Waals surface area contributed by atoms with Crippen LogP contribution >= 0.6 is 0 Å². The minimum absolute atomic E-state index is 0.0472. The molecule has 0 fully saturated rings. The fourth-order valence-corrected chi connectivity index (χ4v) is 2.88. The van der Waals surface area contributed by atoms with Crippen LogP contribution in [0.2, 0.25) is 0 Å². The van der Waals surface area contributed by atoms with Crippen LogP contribution in [0.5, 0.6) is 0 Å². The van der Waals surface area contributed by atoms with E-state index in [4.69, 9.17) is 5.73 Å². The highest BCUT2D eigenvalue weighted by molar-refractivity contribution is 5.20. The van der Waals surface area contributed by atoms with Gasteiger partial charge in [0.1, 0.15) is 0 Å². The molecule has 0 saturated heterocycles. The van der Waals surface area contributed by atoms with E-state index in [1.54, 1.807) is 0 Å². The van der Waals surface area contributed by atoms with Crippen molar-refractivity contribution in [3.8, 4) is 0 Å². The highest BCUT2D eigenvalue weighted by Crippen LogP contribution is 2.31. The zero-order chi connectivity index (χ0) is 15.5. The lowest BCUT2D eigenvalue weighted by atomic mass is 9.83. The Bertz CT molecular complexity index is 392. The van der Waals surface area contributed by atoms with Crippen molar-refractivity contribution in [3.05, 3.63) is 35.9 Å². The zero-order valence-electron chi connectivity index (χ0n) is 14.2. The van der Waals surface area contributed by atoms with Gasteiger partial charge in [0.05, 0.1) is 0 Å². The van der Waals surface area contributed by atoms with Gasteiger partial charge in [-0.2, -0.15) is 0 Å². The van der Waals surface area contributed by atoms with Crippen LogP contribution in [0.4, 0.5) is 0 Å². The van der Waals surface area contributed by atoms with Crippen LogP contribution in [0.3, 0.4) is 0 Å². The Morgan fingerprint density at radius 2 is 1.50 bits per heavy atom. The second kappa shape index (κ2) is 6.73. The Kier molecular flexibility index (Phi) is 5.79. The molecular weight excluding hydrogens is 244 g/mol. The van der Waals surface area contributed by atoms with E-state index in [1.807, 2.05) is 6.07 Å². The van der Waals surface area contributed by atoms with Gasteiger partial charge in [-0.15, -0.1) is 0 Å². The molecule has 20 heavy (non-hydrogen) atoms. The lowest BCUT2D eigenvalue weighted by Crippen LogP contribution is -2.51. The fourth-order valence-electron chi connectivity index (χ4n) is 2.88. The first-order valence-electron chi connectivity index (χ1n) is 7.68. The van der Waals surface area contributed by atoms with Gasteiger partial charge in [-0.05, 0) is 30.9 Å². The van der Waals surface area contributed by atoms with E-state index in [0.717, 1.165) is 0 Å². The normalized spacial score (nSPS) is 17.3. The van der Waals surface area contributed by atoms with Gasteiger partial charge in [-0.1, -0.05) is 65.0 Å². The molecule has 3 atom stereocenters. The summed E-state index contributed by atoms with van der Waals surface area (Å²) in [5.41, 5.74) is 8.05. The molecule has 2 nitrogen and oxygen atoms in total. The van der Waals surface area contributed by atoms with Crippen molar-refractivity contribution >= 4 is 0 Å². The van der Waals surface area contributed by atoms with Gasteiger partial charge in [-0.3, -0.25) is 4.90 Å². The first-order chi connectivity index (χ1) is 9.16. The third-order valence-electron chi connectivity index (χ3n) is 4.57. The topological polar surface area (TPSA) is 29.3 Å². The third-order valence-corrected chi connectivity index (χ3v) is 4.57. The molecule has 114 valence electrons. The van der Waals surface area contributed by atoms with E-state index in [1.165, 1.54) is 5.56 Å². The van der Waals surface area contributed by atoms with Crippen molar-refractivity contribution in [2.75, 3.05) is 7.05 Å². The molecule has 3 unspecified atom stereocenters. The second-order valence-electron chi connectivity index (χ2n) is 7.38. The van der Waals surface area contributed by atoms with E-state index in [-0.39, 0.29) is 11.5 Å². The highest BCUT2D eigenvalue weighted by atomic mass is 15.2. The van der Waals surface area contributed by atoms with Crippen molar-refractivity contribution in [3.63, 3.8) is 0 Å². The summed E-state index contributed by atoms with van der Waals surface area (Å²) < 4.78 is 0. The molecule has 0 heterocycles. The van der Waals surface area contributed by atoms with Gasteiger partial charge in [-0.25, -0.2) is 0 Å². The number of hydrogen-bond donors (Lipinski definition) is 1. The first-order valence-corrected chi connectivity index (χ1v) is 7.68. The van der Waals surface area contributed by atoms with Gasteiger partial charge in [0, 0.05) is 18.1 Å². The number of benzene rings is 1. The molecule has 0 saturated carbocycles. The van der Waals surface area contributed by atoms with Crippen molar-refractivity contribution in [2.45, 2.75) is 59.7 Å². The fraction of sp³-hybridized carbons (Fsp3) is 0.667. The quantitative estimate of drug-likeness (QED) is 0.878. The minimum atomic E-state index is 0.0472. The summed E-state index contributed by atoms with van der Waals surface area (Å²) in [5.74, 6) is 0.514. The summed E-state index contributed by atoms with van der Waals surface area (Å²) in [4.78, 5) is 2.46. The monoisotopic (exact) mass is 276 g/mol. The molecule has 0 aromatic heterocycles. The molecule has 2 heteroatoms. The lowest BCUT2D eigenvalue weighted by molar-refractivity contribution is 0.0609. The standard InChI is InChI=1S/C18H32N2/c1-13(2)17(20(7)14(3)18(4,5)6)16(19)15-11-9-8-10-12-15/h8-14,16-17H,19H2,1-7H3. The SMILES string of the molecule is CC(C)C(C(N)c1ccccc1)N(C)C(C)C(C)(C)C. The molecule has 1 rings (SSSR count). The largest absolute Gasteiger partial charge is 0.323 e. The summed E-state index contributed by atoms with van der Waals surface area (Å²) in [6, 6.07) is 11.3. The Labute approximate surface area is 125 Å². The van der Waals surface area contributed by atoms with E-state index >= 15 is 0 Å². The van der Waals surface area contributed by atoms with E-state index in [9.17, 15) is 0 Å². The van der Waals surface area contributed by atoms with Gasteiger partial charge < -0.3 is 5.73 Å². The summed E-state index contributed by atoms with van der Waals surface area (Å²) in [6.45, 7) is 13.7. The van der Waals surface area contributed by atoms with Crippen LogP contribution in [0, 0.1) is 11.3 Å². The summed E-state index contributed by atoms with van der Waals surface area (Å²) >= 11 is 0.